The SMILES string of the molecule is O=C1CCN(CC2CCCOC2)C(=O)C(C2CC2)N1. The molecule has 2 aliphatic heterocycles. The van der Waals surface area contributed by atoms with E-state index in [2.05, 4.69) is 5.32 Å². The highest BCUT2D eigenvalue weighted by molar-refractivity contribution is 5.90. The van der Waals surface area contributed by atoms with Crippen LogP contribution in [-0.2, 0) is 14.3 Å². The van der Waals surface area contributed by atoms with Crippen LogP contribution in [0.3, 0.4) is 0 Å². The molecule has 0 radical (unpaired) electrons. The highest BCUT2D eigenvalue weighted by Gasteiger charge is 2.41. The zero-order valence-corrected chi connectivity index (χ0v) is 11.3. The standard InChI is InChI=1S/C14H22N2O3/c17-12-5-6-16(8-10-2-1-7-19-9-10)14(18)13(15-12)11-3-4-11/h10-11,13H,1-9H2,(H,15,17). The predicted molar refractivity (Wildman–Crippen MR) is 69.4 cm³/mol. The molecule has 2 atom stereocenters. The summed E-state index contributed by atoms with van der Waals surface area (Å²) in [5.74, 6) is 0.956. The zero-order valence-electron chi connectivity index (χ0n) is 11.3. The quantitative estimate of drug-likeness (QED) is 0.811. The molecule has 1 N–H and O–H groups in total. The maximum absolute atomic E-state index is 12.5. The molecule has 19 heavy (non-hydrogen) atoms. The van der Waals surface area contributed by atoms with Gasteiger partial charge in [-0.15, -0.1) is 0 Å². The first-order valence-electron chi connectivity index (χ1n) is 7.40. The number of hydrogen-bond acceptors (Lipinski definition) is 3. The van der Waals surface area contributed by atoms with Gasteiger partial charge >= 0.3 is 0 Å². The Bertz CT molecular complexity index is 362. The lowest BCUT2D eigenvalue weighted by molar-refractivity contribution is -0.135. The molecular weight excluding hydrogens is 244 g/mol. The highest BCUT2D eigenvalue weighted by atomic mass is 16.5. The largest absolute Gasteiger partial charge is 0.381 e. The molecule has 1 aliphatic carbocycles. The second-order valence-electron chi connectivity index (χ2n) is 6.00. The Morgan fingerprint density at radius 2 is 2.11 bits per heavy atom. The van der Waals surface area contributed by atoms with Gasteiger partial charge in [0.2, 0.25) is 11.8 Å². The van der Waals surface area contributed by atoms with Crippen molar-refractivity contribution in [3.63, 3.8) is 0 Å². The summed E-state index contributed by atoms with van der Waals surface area (Å²) < 4.78 is 5.48. The van der Waals surface area contributed by atoms with Gasteiger partial charge in [0.15, 0.2) is 0 Å². The lowest BCUT2D eigenvalue weighted by Gasteiger charge is -2.30. The fraction of sp³-hybridized carbons (Fsp3) is 0.857. The topological polar surface area (TPSA) is 58.6 Å². The van der Waals surface area contributed by atoms with E-state index in [1.807, 2.05) is 4.90 Å². The van der Waals surface area contributed by atoms with Crippen molar-refractivity contribution < 1.29 is 14.3 Å². The number of carbonyl (C=O) groups excluding carboxylic acids is 2. The first-order valence-corrected chi connectivity index (χ1v) is 7.40. The minimum Gasteiger partial charge on any atom is -0.381 e. The number of hydrogen-bond donors (Lipinski definition) is 1. The van der Waals surface area contributed by atoms with E-state index in [4.69, 9.17) is 4.74 Å². The van der Waals surface area contributed by atoms with Gasteiger partial charge in [-0.2, -0.15) is 0 Å². The number of carbonyl (C=O) groups is 2. The second kappa shape index (κ2) is 5.49. The van der Waals surface area contributed by atoms with Crippen LogP contribution in [0.4, 0.5) is 0 Å². The summed E-state index contributed by atoms with van der Waals surface area (Å²) >= 11 is 0. The second-order valence-corrected chi connectivity index (χ2v) is 6.00. The molecule has 2 heterocycles. The molecule has 0 aromatic heterocycles. The Labute approximate surface area is 113 Å². The Morgan fingerprint density at radius 1 is 1.26 bits per heavy atom. The molecule has 5 heteroatoms. The van der Waals surface area contributed by atoms with Crippen LogP contribution >= 0.6 is 0 Å². The Balaban J connectivity index is 1.64. The van der Waals surface area contributed by atoms with Gasteiger partial charge in [-0.05, 0) is 37.5 Å². The minimum atomic E-state index is -0.264. The van der Waals surface area contributed by atoms with Crippen molar-refractivity contribution in [2.75, 3.05) is 26.3 Å². The Hall–Kier alpha value is -1.10. The number of nitrogens with zero attached hydrogens (tertiary/aromatic N) is 1. The normalized spacial score (nSPS) is 32.9. The fourth-order valence-electron chi connectivity index (χ4n) is 3.04. The van der Waals surface area contributed by atoms with Crippen LogP contribution < -0.4 is 5.32 Å². The van der Waals surface area contributed by atoms with Gasteiger partial charge < -0.3 is 15.0 Å². The van der Waals surface area contributed by atoms with Crippen molar-refractivity contribution in [1.29, 1.82) is 0 Å². The fourth-order valence-corrected chi connectivity index (χ4v) is 3.04. The van der Waals surface area contributed by atoms with E-state index in [0.717, 1.165) is 45.4 Å². The molecule has 0 aromatic carbocycles. The predicted octanol–water partition coefficient (Wildman–Crippen LogP) is 0.540. The summed E-state index contributed by atoms with van der Waals surface area (Å²) in [6.07, 6.45) is 4.77. The van der Waals surface area contributed by atoms with Crippen molar-refractivity contribution >= 4 is 11.8 Å². The van der Waals surface area contributed by atoms with Crippen LogP contribution in [0.25, 0.3) is 0 Å². The summed E-state index contributed by atoms with van der Waals surface area (Å²) in [5.41, 5.74) is 0. The van der Waals surface area contributed by atoms with Gasteiger partial charge in [-0.3, -0.25) is 9.59 Å². The van der Waals surface area contributed by atoms with Crippen molar-refractivity contribution in [3.05, 3.63) is 0 Å². The van der Waals surface area contributed by atoms with E-state index in [-0.39, 0.29) is 17.9 Å². The third-order valence-electron chi connectivity index (χ3n) is 4.33. The van der Waals surface area contributed by atoms with E-state index >= 15 is 0 Å². The third-order valence-corrected chi connectivity index (χ3v) is 4.33. The van der Waals surface area contributed by atoms with E-state index < -0.39 is 0 Å². The molecule has 1 saturated carbocycles. The number of amides is 2. The average molecular weight is 266 g/mol. The smallest absolute Gasteiger partial charge is 0.245 e. The van der Waals surface area contributed by atoms with Gasteiger partial charge in [0.25, 0.3) is 0 Å². The Morgan fingerprint density at radius 3 is 2.79 bits per heavy atom. The highest BCUT2D eigenvalue weighted by Crippen LogP contribution is 2.34. The van der Waals surface area contributed by atoms with Crippen molar-refractivity contribution in [3.8, 4) is 0 Å². The first kappa shape index (κ1) is 12.9. The number of rotatable bonds is 3. The monoisotopic (exact) mass is 266 g/mol. The summed E-state index contributed by atoms with van der Waals surface area (Å²) in [6.45, 7) is 2.90. The van der Waals surface area contributed by atoms with Crippen LogP contribution in [0, 0.1) is 11.8 Å². The number of ether oxygens (including phenoxy) is 1. The maximum Gasteiger partial charge on any atom is 0.245 e. The van der Waals surface area contributed by atoms with E-state index in [1.165, 1.54) is 0 Å². The first-order chi connectivity index (χ1) is 9.24. The van der Waals surface area contributed by atoms with Gasteiger partial charge in [-0.1, -0.05) is 0 Å². The lowest BCUT2D eigenvalue weighted by atomic mass is 10.0. The van der Waals surface area contributed by atoms with Gasteiger partial charge in [0.1, 0.15) is 6.04 Å². The molecule has 5 nitrogen and oxygen atoms in total. The van der Waals surface area contributed by atoms with Crippen molar-refractivity contribution in [2.45, 2.75) is 38.1 Å². The third kappa shape index (κ3) is 3.08. The van der Waals surface area contributed by atoms with Crippen LogP contribution in [0.2, 0.25) is 0 Å². The summed E-state index contributed by atoms with van der Waals surface area (Å²) in [5, 5.41) is 2.90. The van der Waals surface area contributed by atoms with Gasteiger partial charge in [0, 0.05) is 26.1 Å². The molecule has 106 valence electrons. The van der Waals surface area contributed by atoms with Crippen LogP contribution in [0.1, 0.15) is 32.1 Å². The molecule has 0 aromatic rings. The summed E-state index contributed by atoms with van der Waals surface area (Å²) in [6, 6.07) is -0.264. The molecule has 0 bridgehead atoms. The molecule has 3 aliphatic rings. The molecule has 2 saturated heterocycles. The van der Waals surface area contributed by atoms with E-state index in [9.17, 15) is 9.59 Å². The van der Waals surface area contributed by atoms with Crippen molar-refractivity contribution in [2.24, 2.45) is 11.8 Å². The molecular formula is C14H22N2O3. The molecule has 3 rings (SSSR count). The average Bonchev–Trinajstić information content (AvgIpc) is 3.25. The van der Waals surface area contributed by atoms with Crippen LogP contribution in [-0.4, -0.2) is 49.1 Å². The van der Waals surface area contributed by atoms with Crippen LogP contribution in [0.5, 0.6) is 0 Å². The summed E-state index contributed by atoms with van der Waals surface area (Å²) in [4.78, 5) is 26.1. The Kier molecular flexibility index (Phi) is 3.73. The van der Waals surface area contributed by atoms with Crippen molar-refractivity contribution in [1.82, 2.24) is 10.2 Å². The van der Waals surface area contributed by atoms with Crippen LogP contribution in [0.15, 0.2) is 0 Å². The minimum absolute atomic E-state index is 0.0210. The zero-order chi connectivity index (χ0) is 13.2. The molecule has 3 fully saturated rings. The lowest BCUT2D eigenvalue weighted by Crippen LogP contribution is -2.47. The molecule has 0 spiro atoms. The van der Waals surface area contributed by atoms with Gasteiger partial charge in [0.05, 0.1) is 6.61 Å². The summed E-state index contributed by atoms with van der Waals surface area (Å²) in [7, 11) is 0. The van der Waals surface area contributed by atoms with E-state index in [1.54, 1.807) is 0 Å². The van der Waals surface area contributed by atoms with E-state index in [0.29, 0.717) is 24.8 Å². The molecule has 2 amide bonds. The van der Waals surface area contributed by atoms with Gasteiger partial charge in [-0.25, -0.2) is 0 Å². The maximum atomic E-state index is 12.5. The number of nitrogens with one attached hydrogen (secondary N) is 1. The molecule has 2 unspecified atom stereocenters.